The number of nitrogens with zero attached hydrogens (tertiary/aromatic N) is 4. The van der Waals surface area contributed by atoms with Crippen molar-refractivity contribution < 1.29 is 14.3 Å². The van der Waals surface area contributed by atoms with E-state index < -0.39 is 11.7 Å². The Bertz CT molecular complexity index is 1320. The van der Waals surface area contributed by atoms with E-state index in [-0.39, 0.29) is 18.4 Å². The lowest BCUT2D eigenvalue weighted by atomic mass is 10.1. The second-order valence-corrected chi connectivity index (χ2v) is 9.44. The number of carbonyl (C=O) groups is 2. The number of carbonyl (C=O) groups excluding carboxylic acids is 2. The summed E-state index contributed by atoms with van der Waals surface area (Å²) in [4.78, 5) is 35.4. The van der Waals surface area contributed by atoms with Crippen LogP contribution in [0.25, 0.3) is 11.8 Å². The van der Waals surface area contributed by atoms with Crippen molar-refractivity contribution in [2.24, 2.45) is 4.99 Å². The first-order valence-electron chi connectivity index (χ1n) is 11.4. The highest BCUT2D eigenvalue weighted by molar-refractivity contribution is 6.18. The molecule has 3 aromatic rings. The van der Waals surface area contributed by atoms with Crippen molar-refractivity contribution in [2.45, 2.75) is 46.8 Å². The van der Waals surface area contributed by atoms with Crippen molar-refractivity contribution in [2.75, 3.05) is 0 Å². The lowest BCUT2D eigenvalue weighted by Crippen LogP contribution is -2.31. The first kappa shape index (κ1) is 23.9. The van der Waals surface area contributed by atoms with Crippen LogP contribution in [0, 0.1) is 13.8 Å². The van der Waals surface area contributed by atoms with Gasteiger partial charge in [0.25, 0.3) is 0 Å². The Labute approximate surface area is 205 Å². The van der Waals surface area contributed by atoms with Crippen LogP contribution in [0.15, 0.2) is 71.7 Å². The van der Waals surface area contributed by atoms with Crippen molar-refractivity contribution in [3.63, 3.8) is 0 Å². The molecule has 8 heteroatoms. The molecule has 1 fully saturated rings. The number of urea groups is 1. The minimum Gasteiger partial charge on any atom is -0.442 e. The maximum Gasteiger partial charge on any atom is 0.436 e. The summed E-state index contributed by atoms with van der Waals surface area (Å²) in [5, 5.41) is 2.85. The number of aromatic nitrogens is 2. The van der Waals surface area contributed by atoms with E-state index in [9.17, 15) is 9.59 Å². The number of rotatable bonds is 4. The van der Waals surface area contributed by atoms with Crippen LogP contribution in [-0.4, -0.2) is 38.0 Å². The third-order valence-electron chi connectivity index (χ3n) is 5.28. The zero-order chi connectivity index (χ0) is 25.2. The van der Waals surface area contributed by atoms with Crippen molar-refractivity contribution >= 4 is 24.0 Å². The summed E-state index contributed by atoms with van der Waals surface area (Å²) >= 11 is 0. The molecule has 0 radical (unpaired) electrons. The third kappa shape index (κ3) is 5.84. The Kier molecular flexibility index (Phi) is 6.55. The number of benzene rings is 2. The SMILES string of the molecule is Cc1cn(-c2ccc(/C=C3\NC(=O)N(Cc4ccccc4)C3=NC(=O)OC(C)(C)C)cc2C)cn1. The van der Waals surface area contributed by atoms with Crippen LogP contribution in [0.2, 0.25) is 0 Å². The number of hydrogen-bond donors (Lipinski definition) is 1. The number of aryl methyl sites for hydroxylation is 2. The molecule has 2 heterocycles. The van der Waals surface area contributed by atoms with Gasteiger partial charge in [0.1, 0.15) is 5.60 Å². The van der Waals surface area contributed by atoms with Crippen LogP contribution in [0.1, 0.15) is 43.2 Å². The van der Waals surface area contributed by atoms with Gasteiger partial charge in [-0.1, -0.05) is 36.4 Å². The van der Waals surface area contributed by atoms with Gasteiger partial charge in [0.2, 0.25) is 0 Å². The van der Waals surface area contributed by atoms with Gasteiger partial charge in [-0.3, -0.25) is 4.90 Å². The summed E-state index contributed by atoms with van der Waals surface area (Å²) in [6.07, 6.45) is 4.79. The summed E-state index contributed by atoms with van der Waals surface area (Å²) < 4.78 is 7.36. The maximum absolute atomic E-state index is 12.9. The average Bonchev–Trinajstić information content (AvgIpc) is 3.32. The Morgan fingerprint density at radius 2 is 1.89 bits per heavy atom. The van der Waals surface area contributed by atoms with Crippen molar-refractivity contribution in [1.82, 2.24) is 19.8 Å². The molecule has 0 bridgehead atoms. The first-order chi connectivity index (χ1) is 16.6. The van der Waals surface area contributed by atoms with Gasteiger partial charge < -0.3 is 14.6 Å². The maximum atomic E-state index is 12.9. The molecule has 1 saturated heterocycles. The summed E-state index contributed by atoms with van der Waals surface area (Å²) in [6, 6.07) is 15.1. The number of amides is 3. The molecule has 1 aromatic heterocycles. The molecule has 0 atom stereocenters. The van der Waals surface area contributed by atoms with Crippen LogP contribution in [-0.2, 0) is 11.3 Å². The molecule has 0 aliphatic carbocycles. The lowest BCUT2D eigenvalue weighted by molar-refractivity contribution is 0.0603. The molecule has 1 N–H and O–H groups in total. The highest BCUT2D eigenvalue weighted by Crippen LogP contribution is 2.22. The number of amidine groups is 1. The monoisotopic (exact) mass is 471 g/mol. The number of ether oxygens (including phenoxy) is 1. The minimum atomic E-state index is -0.755. The molecule has 8 nitrogen and oxygen atoms in total. The van der Waals surface area contributed by atoms with Crippen LogP contribution < -0.4 is 5.32 Å². The molecule has 3 amide bonds. The summed E-state index contributed by atoms with van der Waals surface area (Å²) in [6.45, 7) is 9.54. The van der Waals surface area contributed by atoms with Gasteiger partial charge in [0.05, 0.1) is 24.3 Å². The first-order valence-corrected chi connectivity index (χ1v) is 11.4. The standard InChI is InChI=1S/C27H29N5O3/c1-18-13-21(11-12-23(18)31-15-19(2)28-17-31)14-22-24(30-26(34)35-27(3,4)5)32(25(33)29-22)16-20-9-7-6-8-10-20/h6-15,17H,16H2,1-5H3,(H,29,33)/b22-14-,30-24?. The molecule has 180 valence electrons. The molecule has 0 spiro atoms. The second-order valence-electron chi connectivity index (χ2n) is 9.44. The largest absolute Gasteiger partial charge is 0.442 e. The molecule has 1 aliphatic rings. The van der Waals surface area contributed by atoms with E-state index in [4.69, 9.17) is 4.74 Å². The van der Waals surface area contributed by atoms with Gasteiger partial charge in [0.15, 0.2) is 5.84 Å². The summed E-state index contributed by atoms with van der Waals surface area (Å²) in [5.41, 5.74) is 4.48. The normalized spacial score (nSPS) is 16.1. The van der Waals surface area contributed by atoms with Gasteiger partial charge in [-0.05, 0) is 69.5 Å². The van der Waals surface area contributed by atoms with E-state index in [0.29, 0.717) is 5.70 Å². The van der Waals surface area contributed by atoms with Crippen molar-refractivity contribution in [1.29, 1.82) is 0 Å². The van der Waals surface area contributed by atoms with Crippen LogP contribution in [0.4, 0.5) is 9.59 Å². The Morgan fingerprint density at radius 3 is 2.51 bits per heavy atom. The fourth-order valence-electron chi connectivity index (χ4n) is 3.76. The third-order valence-corrected chi connectivity index (χ3v) is 5.28. The topological polar surface area (TPSA) is 88.8 Å². The minimum absolute atomic E-state index is 0.222. The Balaban J connectivity index is 1.69. The van der Waals surface area contributed by atoms with Crippen molar-refractivity contribution in [3.8, 4) is 5.69 Å². The van der Waals surface area contributed by atoms with Gasteiger partial charge in [0, 0.05) is 11.9 Å². The molecule has 2 aromatic carbocycles. The zero-order valence-corrected chi connectivity index (χ0v) is 20.6. The van der Waals surface area contributed by atoms with E-state index >= 15 is 0 Å². The predicted octanol–water partition coefficient (Wildman–Crippen LogP) is 5.39. The van der Waals surface area contributed by atoms with Gasteiger partial charge in [-0.2, -0.15) is 4.99 Å². The van der Waals surface area contributed by atoms with Gasteiger partial charge in [-0.15, -0.1) is 0 Å². The predicted molar refractivity (Wildman–Crippen MR) is 135 cm³/mol. The molecular weight excluding hydrogens is 442 g/mol. The van der Waals surface area contributed by atoms with Crippen LogP contribution in [0.3, 0.4) is 0 Å². The zero-order valence-electron chi connectivity index (χ0n) is 20.6. The fraction of sp³-hybridized carbons (Fsp3) is 0.259. The summed E-state index contributed by atoms with van der Waals surface area (Å²) in [7, 11) is 0. The molecular formula is C27H29N5O3. The van der Waals surface area contributed by atoms with E-state index in [1.165, 1.54) is 4.90 Å². The highest BCUT2D eigenvalue weighted by atomic mass is 16.6. The van der Waals surface area contributed by atoms with Crippen LogP contribution in [0.5, 0.6) is 0 Å². The van der Waals surface area contributed by atoms with Gasteiger partial charge >= 0.3 is 12.1 Å². The molecule has 0 saturated carbocycles. The molecule has 0 unspecified atom stereocenters. The number of imidazole rings is 1. The number of nitrogens with one attached hydrogen (secondary N) is 1. The van der Waals surface area contributed by atoms with E-state index in [1.807, 2.05) is 79.2 Å². The van der Waals surface area contributed by atoms with Crippen LogP contribution >= 0.6 is 0 Å². The van der Waals surface area contributed by atoms with E-state index in [2.05, 4.69) is 15.3 Å². The number of hydrogen-bond acceptors (Lipinski definition) is 4. The molecule has 4 rings (SSSR count). The smallest absolute Gasteiger partial charge is 0.436 e. The second kappa shape index (κ2) is 9.58. The fourth-order valence-corrected chi connectivity index (χ4v) is 3.76. The Morgan fingerprint density at radius 1 is 1.14 bits per heavy atom. The molecule has 1 aliphatic heterocycles. The Hall–Kier alpha value is -4.20. The molecule has 35 heavy (non-hydrogen) atoms. The lowest BCUT2D eigenvalue weighted by Gasteiger charge is -2.19. The number of aliphatic imine (C=N–C) groups is 1. The quantitative estimate of drug-likeness (QED) is 0.553. The summed E-state index contributed by atoms with van der Waals surface area (Å²) in [5.74, 6) is 0.222. The average molecular weight is 472 g/mol. The van der Waals surface area contributed by atoms with Gasteiger partial charge in [-0.25, -0.2) is 14.6 Å². The van der Waals surface area contributed by atoms with Crippen molar-refractivity contribution in [3.05, 3.63) is 89.1 Å². The van der Waals surface area contributed by atoms with E-state index in [0.717, 1.165) is 28.1 Å². The highest BCUT2D eigenvalue weighted by Gasteiger charge is 2.33. The van der Waals surface area contributed by atoms with E-state index in [1.54, 1.807) is 27.1 Å².